The molecule has 2 saturated heterocycles. The molecule has 4 aromatic rings. The van der Waals surface area contributed by atoms with Crippen molar-refractivity contribution >= 4 is 70.7 Å². The number of piperazine rings is 2. The van der Waals surface area contributed by atoms with Crippen LogP contribution in [-0.2, 0) is 37.0 Å². The Morgan fingerprint density at radius 3 is 1.42 bits per heavy atom. The third-order valence-corrected chi connectivity index (χ3v) is 9.90. The van der Waals surface area contributed by atoms with E-state index in [1.54, 1.807) is 67.0 Å². The van der Waals surface area contributed by atoms with Crippen molar-refractivity contribution in [2.45, 2.75) is 53.3 Å². The van der Waals surface area contributed by atoms with Crippen LogP contribution in [0, 0.1) is 0 Å². The number of amides is 4. The van der Waals surface area contributed by atoms with Gasteiger partial charge in [-0.15, -0.1) is 10.2 Å². The minimum absolute atomic E-state index is 0.211. The van der Waals surface area contributed by atoms with Crippen LogP contribution in [-0.4, -0.2) is 151 Å². The van der Waals surface area contributed by atoms with Gasteiger partial charge in [-0.25, -0.2) is 19.2 Å². The van der Waals surface area contributed by atoms with E-state index in [9.17, 15) is 28.8 Å². The first-order valence-electron chi connectivity index (χ1n) is 20.3. The maximum absolute atomic E-state index is 12.7. The zero-order valence-electron chi connectivity index (χ0n) is 36.2. The highest BCUT2D eigenvalue weighted by atomic mass is 35.5. The summed E-state index contributed by atoms with van der Waals surface area (Å²) < 4.78 is 18.8. The number of benzene rings is 2. The van der Waals surface area contributed by atoms with Crippen LogP contribution in [0.1, 0.15) is 45.7 Å². The lowest BCUT2D eigenvalue weighted by Crippen LogP contribution is -2.49. The van der Waals surface area contributed by atoms with Crippen molar-refractivity contribution in [3.8, 4) is 11.5 Å². The number of esters is 1. The molecule has 0 spiro atoms. The van der Waals surface area contributed by atoms with Gasteiger partial charge >= 0.3 is 24.0 Å². The summed E-state index contributed by atoms with van der Waals surface area (Å²) in [6.07, 6.45) is 3.04. The molecule has 3 N–H and O–H groups in total. The highest BCUT2D eigenvalue weighted by molar-refractivity contribution is 6.31. The number of rotatable bonds is 12. The van der Waals surface area contributed by atoms with Gasteiger partial charge in [-0.2, -0.15) is 9.36 Å². The van der Waals surface area contributed by atoms with Gasteiger partial charge < -0.3 is 39.8 Å². The maximum atomic E-state index is 12.7. The van der Waals surface area contributed by atoms with Crippen molar-refractivity contribution in [2.24, 2.45) is 0 Å². The molecular weight excluding hydrogens is 875 g/mol. The molecule has 4 heterocycles. The highest BCUT2D eigenvalue weighted by Crippen LogP contribution is 2.27. The molecule has 0 radical (unpaired) electrons. The fourth-order valence-corrected chi connectivity index (χ4v) is 6.88. The number of nitrogens with zero attached hydrogens (tertiary/aromatic N) is 8. The molecule has 4 amide bonds. The van der Waals surface area contributed by atoms with Crippen LogP contribution in [0.4, 0.5) is 21.2 Å². The van der Waals surface area contributed by atoms with E-state index in [2.05, 4.69) is 30.6 Å². The number of hydrogen-bond donors (Lipinski definition) is 3. The molecule has 2 aliphatic rings. The SMILES string of the molecule is CC(=O)Nc1ccn(C(=O)N2CCN(Cc3ccc(Cl)cc3OCC(=O)O)CC2)n1.CC(=O)Nc1ccn(C(=O)N2CCN(Cc3ccc(Cl)cc3OCC(=O)OC(C)(C)C)CC2)n1. The molecule has 0 atom stereocenters. The van der Waals surface area contributed by atoms with Crippen LogP contribution in [0.25, 0.3) is 0 Å². The quantitative estimate of drug-likeness (QED) is 0.163. The lowest BCUT2D eigenvalue weighted by molar-refractivity contribution is -0.157. The summed E-state index contributed by atoms with van der Waals surface area (Å²) in [6.45, 7) is 13.3. The molecule has 2 fully saturated rings. The minimum Gasteiger partial charge on any atom is -0.482 e. The molecule has 344 valence electrons. The van der Waals surface area contributed by atoms with Gasteiger partial charge in [0, 0.05) is 125 Å². The molecule has 64 heavy (non-hydrogen) atoms. The number of nitrogens with one attached hydrogen (secondary N) is 2. The Bertz CT molecular complexity index is 2300. The smallest absolute Gasteiger partial charge is 0.344 e. The maximum Gasteiger partial charge on any atom is 0.344 e. The number of carboxylic acids is 1. The Hall–Kier alpha value is -6.22. The van der Waals surface area contributed by atoms with Gasteiger partial charge in [-0.1, -0.05) is 35.3 Å². The summed E-state index contributed by atoms with van der Waals surface area (Å²) in [5, 5.41) is 23.1. The summed E-state index contributed by atoms with van der Waals surface area (Å²) in [4.78, 5) is 78.1. The van der Waals surface area contributed by atoms with Crippen molar-refractivity contribution in [1.29, 1.82) is 0 Å². The zero-order valence-corrected chi connectivity index (χ0v) is 37.7. The van der Waals surface area contributed by atoms with Crippen molar-refractivity contribution < 1.29 is 48.1 Å². The van der Waals surface area contributed by atoms with Crippen LogP contribution in [0.3, 0.4) is 0 Å². The van der Waals surface area contributed by atoms with E-state index < -0.39 is 24.1 Å². The molecule has 0 unspecified atom stereocenters. The van der Waals surface area contributed by atoms with Gasteiger partial charge in [0.1, 0.15) is 17.1 Å². The summed E-state index contributed by atoms with van der Waals surface area (Å²) in [6, 6.07) is 13.1. The number of carbonyl (C=O) groups is 6. The van der Waals surface area contributed by atoms with Gasteiger partial charge in [0.15, 0.2) is 24.8 Å². The average Bonchev–Trinajstić information content (AvgIpc) is 3.90. The molecule has 20 nitrogen and oxygen atoms in total. The molecular formula is C42H52Cl2N10O10. The Balaban J connectivity index is 0.000000243. The second-order valence-electron chi connectivity index (χ2n) is 15.8. The molecule has 22 heteroatoms. The van der Waals surface area contributed by atoms with Gasteiger partial charge in [0.05, 0.1) is 0 Å². The number of ether oxygens (including phenoxy) is 3. The largest absolute Gasteiger partial charge is 0.482 e. The van der Waals surface area contributed by atoms with Crippen LogP contribution in [0.2, 0.25) is 10.0 Å². The normalized spacial score (nSPS) is 14.5. The molecule has 6 rings (SSSR count). The van der Waals surface area contributed by atoms with Gasteiger partial charge in [0.25, 0.3) is 0 Å². The molecule has 2 aliphatic heterocycles. The molecule has 0 bridgehead atoms. The lowest BCUT2D eigenvalue weighted by atomic mass is 10.1. The van der Waals surface area contributed by atoms with Crippen LogP contribution in [0.5, 0.6) is 11.5 Å². The first-order valence-corrected chi connectivity index (χ1v) is 21.0. The number of halogens is 2. The molecule has 0 aliphatic carbocycles. The topological polar surface area (TPSA) is 223 Å². The monoisotopic (exact) mass is 926 g/mol. The number of carbonyl (C=O) groups excluding carboxylic acids is 5. The number of aromatic nitrogens is 4. The number of anilines is 2. The predicted octanol–water partition coefficient (Wildman–Crippen LogP) is 4.75. The minimum atomic E-state index is -1.06. The van der Waals surface area contributed by atoms with Crippen molar-refractivity contribution in [2.75, 3.05) is 76.2 Å². The van der Waals surface area contributed by atoms with E-state index in [0.29, 0.717) is 98.6 Å². The van der Waals surface area contributed by atoms with Crippen molar-refractivity contribution in [3.63, 3.8) is 0 Å². The third kappa shape index (κ3) is 15.2. The highest BCUT2D eigenvalue weighted by Gasteiger charge is 2.26. The summed E-state index contributed by atoms with van der Waals surface area (Å²) in [7, 11) is 0. The first-order chi connectivity index (χ1) is 30.3. The number of hydrogen-bond acceptors (Lipinski definition) is 13. The Morgan fingerprint density at radius 1 is 0.641 bits per heavy atom. The number of aliphatic carboxylic acids is 1. The van der Waals surface area contributed by atoms with E-state index in [1.807, 2.05) is 12.1 Å². The fourth-order valence-electron chi connectivity index (χ4n) is 6.56. The van der Waals surface area contributed by atoms with Crippen LogP contribution in [0.15, 0.2) is 60.9 Å². The Labute approximate surface area is 379 Å². The van der Waals surface area contributed by atoms with E-state index in [-0.39, 0.29) is 30.5 Å². The molecule has 2 aromatic carbocycles. The predicted molar refractivity (Wildman–Crippen MR) is 236 cm³/mol. The number of carboxylic acid groups (broad SMARTS) is 1. The van der Waals surface area contributed by atoms with Gasteiger partial charge in [-0.05, 0) is 45.0 Å². The fraction of sp³-hybridized carbons (Fsp3) is 0.429. The third-order valence-electron chi connectivity index (χ3n) is 9.43. The molecule has 0 saturated carbocycles. The lowest BCUT2D eigenvalue weighted by Gasteiger charge is -2.34. The summed E-state index contributed by atoms with van der Waals surface area (Å²) in [5.41, 5.74) is 1.13. The van der Waals surface area contributed by atoms with E-state index >= 15 is 0 Å². The second-order valence-corrected chi connectivity index (χ2v) is 16.7. The van der Waals surface area contributed by atoms with E-state index in [1.165, 1.54) is 35.6 Å². The van der Waals surface area contributed by atoms with E-state index in [4.69, 9.17) is 42.5 Å². The van der Waals surface area contributed by atoms with Crippen LogP contribution >= 0.6 is 23.2 Å². The second kappa shape index (κ2) is 22.4. The summed E-state index contributed by atoms with van der Waals surface area (Å²) >= 11 is 12.1. The van der Waals surface area contributed by atoms with Crippen LogP contribution < -0.4 is 20.1 Å². The van der Waals surface area contributed by atoms with E-state index in [0.717, 1.165) is 11.1 Å². The van der Waals surface area contributed by atoms with Gasteiger partial charge in [-0.3, -0.25) is 19.4 Å². The average molecular weight is 928 g/mol. The summed E-state index contributed by atoms with van der Waals surface area (Å²) in [5.74, 6) is -0.394. The Morgan fingerprint density at radius 2 is 1.05 bits per heavy atom. The molecule has 2 aromatic heterocycles. The zero-order chi connectivity index (χ0) is 46.6. The first kappa shape index (κ1) is 48.8. The van der Waals surface area contributed by atoms with Gasteiger partial charge in [0.2, 0.25) is 11.8 Å². The standard InChI is InChI=1S/C23H30ClN5O5.C19H22ClN5O5/c1-16(30)25-20-7-8-29(26-20)22(32)28-11-9-27(10-12-28)14-17-5-6-18(24)13-19(17)33-15-21(31)34-23(2,3)4;1-13(26)21-17-4-5-25(22-17)19(29)24-8-6-23(7-9-24)11-14-2-3-15(20)10-16(14)30-12-18(27)28/h5-8,13H,9-12,14-15H2,1-4H3,(H,25,26,30);2-5,10H,6-9,11-12H2,1H3,(H,27,28)(H,21,22,26). The van der Waals surface area contributed by atoms with Crippen molar-refractivity contribution in [1.82, 2.24) is 39.2 Å². The Kier molecular flexibility index (Phi) is 17.1. The van der Waals surface area contributed by atoms with Crippen molar-refractivity contribution in [3.05, 3.63) is 82.1 Å².